The van der Waals surface area contributed by atoms with Gasteiger partial charge in [0.15, 0.2) is 16.6 Å². The van der Waals surface area contributed by atoms with E-state index in [2.05, 4.69) is 5.32 Å². The van der Waals surface area contributed by atoms with Crippen molar-refractivity contribution in [3.05, 3.63) is 53.6 Å². The van der Waals surface area contributed by atoms with Crippen LogP contribution in [0.25, 0.3) is 0 Å². The predicted molar refractivity (Wildman–Crippen MR) is 135 cm³/mol. The predicted octanol–water partition coefficient (Wildman–Crippen LogP) is 2.88. The first kappa shape index (κ1) is 26.0. The van der Waals surface area contributed by atoms with Crippen molar-refractivity contribution < 1.29 is 28.6 Å². The van der Waals surface area contributed by atoms with E-state index in [-0.39, 0.29) is 24.8 Å². The summed E-state index contributed by atoms with van der Waals surface area (Å²) in [6, 6.07) is 11.3. The molecule has 3 rings (SSSR count). The highest BCUT2D eigenvalue weighted by atomic mass is 32.1. The zero-order chi connectivity index (χ0) is 25.5. The van der Waals surface area contributed by atoms with Crippen LogP contribution in [0.1, 0.15) is 29.3 Å². The van der Waals surface area contributed by atoms with Gasteiger partial charge in [-0.2, -0.15) is 0 Å². The minimum atomic E-state index is -0.702. The zero-order valence-corrected chi connectivity index (χ0v) is 21.0. The van der Waals surface area contributed by atoms with Crippen LogP contribution in [0.5, 0.6) is 11.5 Å². The Morgan fingerprint density at radius 2 is 1.74 bits per heavy atom. The van der Waals surface area contributed by atoms with Crippen LogP contribution in [0.2, 0.25) is 0 Å². The molecule has 2 aromatic carbocycles. The minimum Gasteiger partial charge on any atom is -0.493 e. The molecule has 1 N–H and O–H groups in total. The van der Waals surface area contributed by atoms with Crippen LogP contribution in [0.15, 0.2) is 42.5 Å². The number of nitrogens with zero attached hydrogens (tertiary/aromatic N) is 2. The first-order valence-electron chi connectivity index (χ1n) is 11.1. The molecule has 9 nitrogen and oxygen atoms in total. The lowest BCUT2D eigenvalue weighted by Gasteiger charge is -2.23. The van der Waals surface area contributed by atoms with Crippen molar-refractivity contribution in [3.63, 3.8) is 0 Å². The molecule has 0 saturated carbocycles. The Bertz CT molecular complexity index is 1100. The standard InChI is InChI=1S/C25H29N3O6S/c1-5-34-24(31)17-7-9-18(10-8-17)26-22(29)15-19-23(30)27(2)25(35)28(19)13-12-16-6-11-20(32-3)21(14-16)33-4/h6-11,14,19H,5,12-13,15H2,1-4H3,(H,26,29). The fourth-order valence-corrected chi connectivity index (χ4v) is 4.11. The fourth-order valence-electron chi connectivity index (χ4n) is 3.80. The first-order chi connectivity index (χ1) is 16.8. The SMILES string of the molecule is CCOC(=O)c1ccc(NC(=O)CC2C(=O)N(C)C(=S)N2CCc2ccc(OC)c(OC)c2)cc1. The van der Waals surface area contributed by atoms with E-state index in [0.29, 0.717) is 40.8 Å². The Balaban J connectivity index is 1.65. The molecular formula is C25H29N3O6S. The normalized spacial score (nSPS) is 15.3. The monoisotopic (exact) mass is 499 g/mol. The number of thiocarbonyl (C=S) groups is 1. The van der Waals surface area contributed by atoms with Crippen molar-refractivity contribution in [3.8, 4) is 11.5 Å². The lowest BCUT2D eigenvalue weighted by molar-refractivity contribution is -0.130. The van der Waals surface area contributed by atoms with E-state index < -0.39 is 12.0 Å². The van der Waals surface area contributed by atoms with Crippen LogP contribution in [0.3, 0.4) is 0 Å². The van der Waals surface area contributed by atoms with E-state index in [0.717, 1.165) is 5.56 Å². The van der Waals surface area contributed by atoms with Gasteiger partial charge in [-0.1, -0.05) is 6.07 Å². The molecule has 1 aliphatic rings. The lowest BCUT2D eigenvalue weighted by atomic mass is 10.1. The van der Waals surface area contributed by atoms with E-state index in [4.69, 9.17) is 26.4 Å². The van der Waals surface area contributed by atoms with E-state index in [9.17, 15) is 14.4 Å². The molecule has 10 heteroatoms. The van der Waals surface area contributed by atoms with E-state index in [1.54, 1.807) is 57.4 Å². The highest BCUT2D eigenvalue weighted by Gasteiger charge is 2.41. The Morgan fingerprint density at radius 1 is 1.06 bits per heavy atom. The molecule has 1 atom stereocenters. The van der Waals surface area contributed by atoms with Gasteiger partial charge >= 0.3 is 5.97 Å². The first-order valence-corrected chi connectivity index (χ1v) is 11.6. The van der Waals surface area contributed by atoms with E-state index in [1.165, 1.54) is 4.90 Å². The zero-order valence-electron chi connectivity index (χ0n) is 20.2. The van der Waals surface area contributed by atoms with Gasteiger partial charge in [0.25, 0.3) is 5.91 Å². The summed E-state index contributed by atoms with van der Waals surface area (Å²) < 4.78 is 15.6. The largest absolute Gasteiger partial charge is 0.493 e. The molecule has 2 amide bonds. The smallest absolute Gasteiger partial charge is 0.338 e. The van der Waals surface area contributed by atoms with Gasteiger partial charge in [-0.3, -0.25) is 14.5 Å². The van der Waals surface area contributed by atoms with Crippen molar-refractivity contribution in [1.82, 2.24) is 9.80 Å². The van der Waals surface area contributed by atoms with Crippen LogP contribution < -0.4 is 14.8 Å². The van der Waals surface area contributed by atoms with E-state index in [1.807, 2.05) is 18.2 Å². The summed E-state index contributed by atoms with van der Waals surface area (Å²) in [7, 11) is 4.76. The van der Waals surface area contributed by atoms with Crippen LogP contribution in [-0.4, -0.2) is 73.2 Å². The number of likely N-dealkylation sites (N-methyl/N-ethyl adjacent to an activating group) is 1. The quantitative estimate of drug-likeness (QED) is 0.394. The lowest BCUT2D eigenvalue weighted by Crippen LogP contribution is -2.39. The average Bonchev–Trinajstić information content (AvgIpc) is 3.06. The number of rotatable bonds is 10. The highest BCUT2D eigenvalue weighted by molar-refractivity contribution is 7.80. The van der Waals surface area contributed by atoms with Gasteiger partial charge in [-0.15, -0.1) is 0 Å². The summed E-state index contributed by atoms with van der Waals surface area (Å²) in [4.78, 5) is 40.5. The van der Waals surface area contributed by atoms with Gasteiger partial charge in [0.1, 0.15) is 6.04 Å². The molecule has 1 aliphatic heterocycles. The summed E-state index contributed by atoms with van der Waals surface area (Å²) in [5.41, 5.74) is 1.89. The molecule has 0 spiro atoms. The van der Waals surface area contributed by atoms with Gasteiger partial charge in [0, 0.05) is 19.3 Å². The Labute approximate surface area is 209 Å². The number of hydrogen-bond donors (Lipinski definition) is 1. The van der Waals surface area contributed by atoms with Crippen molar-refractivity contribution in [2.45, 2.75) is 25.8 Å². The number of hydrogen-bond acceptors (Lipinski definition) is 7. The maximum absolute atomic E-state index is 12.8. The molecule has 1 heterocycles. The van der Waals surface area contributed by atoms with Crippen molar-refractivity contribution in [1.29, 1.82) is 0 Å². The molecule has 186 valence electrons. The molecule has 0 aliphatic carbocycles. The van der Waals surface area contributed by atoms with Gasteiger partial charge in [0.2, 0.25) is 5.91 Å². The van der Waals surface area contributed by atoms with Crippen molar-refractivity contribution in [2.75, 3.05) is 39.7 Å². The maximum Gasteiger partial charge on any atom is 0.338 e. The number of anilines is 1. The van der Waals surface area contributed by atoms with Gasteiger partial charge in [-0.25, -0.2) is 4.79 Å². The molecule has 1 fully saturated rings. The third-order valence-electron chi connectivity index (χ3n) is 5.67. The molecular weight excluding hydrogens is 470 g/mol. The van der Waals surface area contributed by atoms with Gasteiger partial charge in [-0.05, 0) is 67.5 Å². The van der Waals surface area contributed by atoms with Crippen molar-refractivity contribution >= 4 is 40.8 Å². The summed E-state index contributed by atoms with van der Waals surface area (Å²) in [5, 5.41) is 3.16. The number of carbonyl (C=O) groups excluding carboxylic acids is 3. The number of methoxy groups -OCH3 is 2. The van der Waals surface area contributed by atoms with Crippen LogP contribution in [-0.2, 0) is 20.7 Å². The Morgan fingerprint density at radius 3 is 2.37 bits per heavy atom. The number of ether oxygens (including phenoxy) is 3. The summed E-state index contributed by atoms with van der Waals surface area (Å²) in [6.45, 7) is 2.47. The summed E-state index contributed by atoms with van der Waals surface area (Å²) in [5.74, 6) is 0.264. The Kier molecular flexibility index (Phi) is 8.64. The van der Waals surface area contributed by atoms with Crippen LogP contribution in [0, 0.1) is 0 Å². The third kappa shape index (κ3) is 6.07. The fraction of sp³-hybridized carbons (Fsp3) is 0.360. The number of carbonyl (C=O) groups is 3. The topological polar surface area (TPSA) is 97.4 Å². The molecule has 0 bridgehead atoms. The van der Waals surface area contributed by atoms with E-state index >= 15 is 0 Å². The maximum atomic E-state index is 12.8. The second kappa shape index (κ2) is 11.7. The van der Waals surface area contributed by atoms with Gasteiger partial charge < -0.3 is 24.4 Å². The van der Waals surface area contributed by atoms with Gasteiger partial charge in [0.05, 0.1) is 32.8 Å². The number of benzene rings is 2. The number of amides is 2. The highest BCUT2D eigenvalue weighted by Crippen LogP contribution is 2.28. The minimum absolute atomic E-state index is 0.0606. The van der Waals surface area contributed by atoms with Crippen molar-refractivity contribution in [2.24, 2.45) is 0 Å². The summed E-state index contributed by atoms with van der Waals surface area (Å²) in [6.07, 6.45) is 0.532. The second-order valence-corrected chi connectivity index (χ2v) is 8.24. The molecule has 35 heavy (non-hydrogen) atoms. The Hall–Kier alpha value is -3.66. The molecule has 2 aromatic rings. The number of esters is 1. The average molecular weight is 500 g/mol. The third-order valence-corrected chi connectivity index (χ3v) is 6.18. The summed E-state index contributed by atoms with van der Waals surface area (Å²) >= 11 is 5.47. The molecule has 0 radical (unpaired) electrons. The molecule has 0 aromatic heterocycles. The van der Waals surface area contributed by atoms with Crippen LogP contribution in [0.4, 0.5) is 5.69 Å². The second-order valence-electron chi connectivity index (χ2n) is 7.88. The number of nitrogens with one attached hydrogen (secondary N) is 1. The molecule has 1 saturated heterocycles. The molecule has 1 unspecified atom stereocenters. The van der Waals surface area contributed by atoms with Crippen LogP contribution >= 0.6 is 12.2 Å².